The minimum absolute atomic E-state index is 0.00538. The number of esters is 1. The summed E-state index contributed by atoms with van der Waals surface area (Å²) in [7, 11) is 1.34. The Bertz CT molecular complexity index is 576. The van der Waals surface area contributed by atoms with Gasteiger partial charge in [0.25, 0.3) is 0 Å². The van der Waals surface area contributed by atoms with Crippen LogP contribution in [0.15, 0.2) is 48.5 Å². The van der Waals surface area contributed by atoms with Crippen molar-refractivity contribution >= 4 is 5.97 Å². The van der Waals surface area contributed by atoms with E-state index < -0.39 is 5.97 Å². The Morgan fingerprint density at radius 3 is 2.47 bits per heavy atom. The molecule has 0 radical (unpaired) electrons. The second kappa shape index (κ2) is 5.57. The van der Waals surface area contributed by atoms with Crippen molar-refractivity contribution in [2.45, 2.75) is 12.8 Å². The highest BCUT2D eigenvalue weighted by molar-refractivity contribution is 5.89. The quantitative estimate of drug-likeness (QED) is 0.857. The van der Waals surface area contributed by atoms with E-state index in [0.717, 1.165) is 5.56 Å². The van der Waals surface area contributed by atoms with Crippen LogP contribution in [0.2, 0.25) is 0 Å². The van der Waals surface area contributed by atoms with Crippen LogP contribution in [0.3, 0.4) is 0 Å². The SMILES string of the molecule is COC(=O)c1ccc(O)c([C@@H](C)c2ccccc2)c1. The highest BCUT2D eigenvalue weighted by atomic mass is 16.5. The molecule has 0 spiro atoms. The standard InChI is InChI=1S/C16H16O3/c1-11(12-6-4-3-5-7-12)14-10-13(16(18)19-2)8-9-15(14)17/h3-11,17H,1-2H3/t11-/m0/s1. The van der Waals surface area contributed by atoms with E-state index in [2.05, 4.69) is 0 Å². The molecule has 0 aliphatic carbocycles. The van der Waals surface area contributed by atoms with E-state index in [0.29, 0.717) is 11.1 Å². The number of ether oxygens (including phenoxy) is 1. The number of methoxy groups -OCH3 is 1. The Hall–Kier alpha value is -2.29. The van der Waals surface area contributed by atoms with Crippen LogP contribution in [0.25, 0.3) is 0 Å². The maximum absolute atomic E-state index is 11.5. The summed E-state index contributed by atoms with van der Waals surface area (Å²) in [4.78, 5) is 11.5. The van der Waals surface area contributed by atoms with Gasteiger partial charge in [-0.25, -0.2) is 4.79 Å². The van der Waals surface area contributed by atoms with Crippen molar-refractivity contribution in [3.8, 4) is 5.75 Å². The van der Waals surface area contributed by atoms with Crippen LogP contribution in [0.5, 0.6) is 5.75 Å². The van der Waals surface area contributed by atoms with Crippen LogP contribution < -0.4 is 0 Å². The van der Waals surface area contributed by atoms with Gasteiger partial charge in [-0.05, 0) is 23.8 Å². The summed E-state index contributed by atoms with van der Waals surface area (Å²) in [6.45, 7) is 1.99. The highest BCUT2D eigenvalue weighted by Gasteiger charge is 2.15. The van der Waals surface area contributed by atoms with Gasteiger partial charge in [-0.15, -0.1) is 0 Å². The molecule has 0 heterocycles. The van der Waals surface area contributed by atoms with Crippen molar-refractivity contribution in [2.24, 2.45) is 0 Å². The zero-order chi connectivity index (χ0) is 13.8. The van der Waals surface area contributed by atoms with Crippen LogP contribution in [0.4, 0.5) is 0 Å². The first-order valence-electron chi connectivity index (χ1n) is 6.09. The third-order valence-electron chi connectivity index (χ3n) is 3.21. The molecule has 1 atom stereocenters. The monoisotopic (exact) mass is 256 g/mol. The zero-order valence-corrected chi connectivity index (χ0v) is 11.0. The van der Waals surface area contributed by atoms with E-state index >= 15 is 0 Å². The molecule has 0 saturated heterocycles. The Kier molecular flexibility index (Phi) is 3.85. The molecule has 19 heavy (non-hydrogen) atoms. The normalized spacial score (nSPS) is 11.9. The molecule has 0 aliphatic rings. The molecule has 0 aromatic heterocycles. The summed E-state index contributed by atoms with van der Waals surface area (Å²) < 4.78 is 4.70. The van der Waals surface area contributed by atoms with Gasteiger partial charge in [-0.3, -0.25) is 0 Å². The van der Waals surface area contributed by atoms with E-state index in [4.69, 9.17) is 4.74 Å². The first kappa shape index (κ1) is 13.1. The van der Waals surface area contributed by atoms with Gasteiger partial charge in [0.2, 0.25) is 0 Å². The first-order valence-corrected chi connectivity index (χ1v) is 6.09. The number of phenols is 1. The van der Waals surface area contributed by atoms with E-state index in [1.54, 1.807) is 12.1 Å². The van der Waals surface area contributed by atoms with Crippen molar-refractivity contribution in [2.75, 3.05) is 7.11 Å². The van der Waals surface area contributed by atoms with Crippen molar-refractivity contribution in [3.63, 3.8) is 0 Å². The Labute approximate surface area is 112 Å². The lowest BCUT2D eigenvalue weighted by atomic mass is 9.91. The number of hydrogen-bond acceptors (Lipinski definition) is 3. The smallest absolute Gasteiger partial charge is 0.337 e. The summed E-state index contributed by atoms with van der Waals surface area (Å²) in [5.74, 6) is -0.212. The molecule has 0 bridgehead atoms. The van der Waals surface area contributed by atoms with Gasteiger partial charge >= 0.3 is 5.97 Å². The van der Waals surface area contributed by atoms with E-state index in [9.17, 15) is 9.90 Å². The molecule has 0 aliphatic heterocycles. The summed E-state index contributed by atoms with van der Waals surface area (Å²) >= 11 is 0. The van der Waals surface area contributed by atoms with Crippen molar-refractivity contribution in [3.05, 3.63) is 65.2 Å². The van der Waals surface area contributed by atoms with E-state index in [1.165, 1.54) is 13.2 Å². The van der Waals surface area contributed by atoms with E-state index in [1.807, 2.05) is 37.3 Å². The number of phenolic OH excluding ortho intramolecular Hbond substituents is 1. The fraction of sp³-hybridized carbons (Fsp3) is 0.188. The maximum Gasteiger partial charge on any atom is 0.337 e. The van der Waals surface area contributed by atoms with Crippen molar-refractivity contribution in [1.29, 1.82) is 0 Å². The minimum atomic E-state index is -0.401. The number of aromatic hydroxyl groups is 1. The van der Waals surface area contributed by atoms with Crippen LogP contribution in [0.1, 0.15) is 34.3 Å². The molecular weight excluding hydrogens is 240 g/mol. The second-order valence-electron chi connectivity index (χ2n) is 4.40. The molecule has 2 aromatic rings. The Morgan fingerprint density at radius 2 is 1.84 bits per heavy atom. The first-order chi connectivity index (χ1) is 9.13. The topological polar surface area (TPSA) is 46.5 Å². The van der Waals surface area contributed by atoms with Gasteiger partial charge in [-0.1, -0.05) is 37.3 Å². The number of carbonyl (C=O) groups excluding carboxylic acids is 1. The second-order valence-corrected chi connectivity index (χ2v) is 4.40. The van der Waals surface area contributed by atoms with Gasteiger partial charge in [0.05, 0.1) is 12.7 Å². The molecule has 0 amide bonds. The lowest BCUT2D eigenvalue weighted by Crippen LogP contribution is -2.04. The molecule has 0 saturated carbocycles. The summed E-state index contributed by atoms with van der Waals surface area (Å²) in [5, 5.41) is 9.97. The number of hydrogen-bond donors (Lipinski definition) is 1. The molecular formula is C16H16O3. The average molecular weight is 256 g/mol. The average Bonchev–Trinajstić information content (AvgIpc) is 2.47. The molecule has 2 aromatic carbocycles. The maximum atomic E-state index is 11.5. The van der Waals surface area contributed by atoms with Gasteiger partial charge < -0.3 is 9.84 Å². The summed E-state index contributed by atoms with van der Waals surface area (Å²) in [5.41, 5.74) is 2.24. The third-order valence-corrected chi connectivity index (χ3v) is 3.21. The Morgan fingerprint density at radius 1 is 1.16 bits per heavy atom. The predicted octanol–water partition coefficient (Wildman–Crippen LogP) is 3.33. The molecule has 0 fully saturated rings. The number of benzene rings is 2. The number of carbonyl (C=O) groups is 1. The zero-order valence-electron chi connectivity index (χ0n) is 11.0. The molecule has 2 rings (SSSR count). The van der Waals surface area contributed by atoms with Crippen LogP contribution in [0, 0.1) is 0 Å². The Balaban J connectivity index is 2.41. The molecule has 0 unspecified atom stereocenters. The van der Waals surface area contributed by atoms with Gasteiger partial charge in [0.1, 0.15) is 5.75 Å². The van der Waals surface area contributed by atoms with Crippen molar-refractivity contribution in [1.82, 2.24) is 0 Å². The van der Waals surface area contributed by atoms with Crippen molar-refractivity contribution < 1.29 is 14.6 Å². The van der Waals surface area contributed by atoms with Gasteiger partial charge in [0.15, 0.2) is 0 Å². The highest BCUT2D eigenvalue weighted by Crippen LogP contribution is 2.31. The summed E-state index contributed by atoms with van der Waals surface area (Å²) in [6, 6.07) is 14.6. The van der Waals surface area contributed by atoms with Crippen LogP contribution in [-0.4, -0.2) is 18.2 Å². The molecule has 98 valence electrons. The van der Waals surface area contributed by atoms with Crippen LogP contribution >= 0.6 is 0 Å². The van der Waals surface area contributed by atoms with Gasteiger partial charge in [-0.2, -0.15) is 0 Å². The lowest BCUT2D eigenvalue weighted by Gasteiger charge is -2.15. The fourth-order valence-corrected chi connectivity index (χ4v) is 2.07. The van der Waals surface area contributed by atoms with Gasteiger partial charge in [0, 0.05) is 11.5 Å². The third kappa shape index (κ3) is 2.76. The summed E-state index contributed by atoms with van der Waals surface area (Å²) in [6.07, 6.45) is 0. The molecule has 1 N–H and O–H groups in total. The van der Waals surface area contributed by atoms with Crippen LogP contribution in [-0.2, 0) is 4.74 Å². The fourth-order valence-electron chi connectivity index (χ4n) is 2.07. The predicted molar refractivity (Wildman–Crippen MR) is 73.4 cm³/mol. The largest absolute Gasteiger partial charge is 0.508 e. The minimum Gasteiger partial charge on any atom is -0.508 e. The van der Waals surface area contributed by atoms with E-state index in [-0.39, 0.29) is 11.7 Å². The molecule has 3 nitrogen and oxygen atoms in total. The number of rotatable bonds is 3. The molecule has 3 heteroatoms. The lowest BCUT2D eigenvalue weighted by molar-refractivity contribution is 0.0600.